The molecule has 1 atom stereocenters. The molecule has 2 aliphatic carbocycles. The van der Waals surface area contributed by atoms with Crippen molar-refractivity contribution in [3.05, 3.63) is 36.0 Å². The van der Waals surface area contributed by atoms with Crippen molar-refractivity contribution in [3.8, 4) is 0 Å². The minimum Gasteiger partial charge on any atom is -0.351 e. The van der Waals surface area contributed by atoms with Crippen molar-refractivity contribution in [2.45, 2.75) is 89.4 Å². The van der Waals surface area contributed by atoms with Crippen LogP contribution in [0.15, 0.2) is 30.3 Å². The van der Waals surface area contributed by atoms with Crippen LogP contribution in [-0.2, 0) is 11.3 Å². The van der Waals surface area contributed by atoms with Gasteiger partial charge in [-0.05, 0) is 63.5 Å². The van der Waals surface area contributed by atoms with Gasteiger partial charge in [0.15, 0.2) is 0 Å². The van der Waals surface area contributed by atoms with E-state index in [-0.39, 0.29) is 23.9 Å². The van der Waals surface area contributed by atoms with Crippen molar-refractivity contribution in [2.24, 2.45) is 5.92 Å². The fourth-order valence-corrected chi connectivity index (χ4v) is 5.95. The van der Waals surface area contributed by atoms with Gasteiger partial charge >= 0.3 is 0 Å². The molecule has 30 heavy (non-hydrogen) atoms. The van der Waals surface area contributed by atoms with E-state index in [1.165, 1.54) is 12.8 Å². The van der Waals surface area contributed by atoms with Gasteiger partial charge in [0.05, 0.1) is 6.54 Å². The summed E-state index contributed by atoms with van der Waals surface area (Å²) in [6.45, 7) is 4.80. The molecule has 5 nitrogen and oxygen atoms in total. The number of aromatic nitrogens is 1. The normalized spacial score (nSPS) is 29.9. The van der Waals surface area contributed by atoms with Crippen LogP contribution in [0, 0.1) is 5.92 Å². The molecule has 0 radical (unpaired) electrons. The summed E-state index contributed by atoms with van der Waals surface area (Å²) in [6, 6.07) is 10.5. The van der Waals surface area contributed by atoms with E-state index in [0.29, 0.717) is 12.5 Å². The minimum absolute atomic E-state index is 0.0149. The Morgan fingerprint density at radius 1 is 1.07 bits per heavy atom. The molecule has 2 saturated carbocycles. The third-order valence-electron chi connectivity index (χ3n) is 7.78. The summed E-state index contributed by atoms with van der Waals surface area (Å²) >= 11 is 0. The fraction of sp³-hybridized carbons (Fsp3) is 0.600. The van der Waals surface area contributed by atoms with Crippen LogP contribution in [0.1, 0.15) is 75.7 Å². The lowest BCUT2D eigenvalue weighted by atomic mass is 9.82. The van der Waals surface area contributed by atoms with E-state index in [1.54, 1.807) is 0 Å². The molecule has 0 spiro atoms. The Balaban J connectivity index is 1.56. The van der Waals surface area contributed by atoms with Crippen LogP contribution in [0.4, 0.5) is 0 Å². The zero-order valence-corrected chi connectivity index (χ0v) is 18.2. The molecule has 2 aromatic rings. The summed E-state index contributed by atoms with van der Waals surface area (Å²) in [6.07, 6.45) is 8.67. The largest absolute Gasteiger partial charge is 0.351 e. The maximum atomic E-state index is 13.8. The van der Waals surface area contributed by atoms with Gasteiger partial charge in [-0.15, -0.1) is 0 Å². The van der Waals surface area contributed by atoms with Gasteiger partial charge in [0.2, 0.25) is 5.91 Å². The van der Waals surface area contributed by atoms with Crippen molar-refractivity contribution in [3.63, 3.8) is 0 Å². The number of hydrogen-bond acceptors (Lipinski definition) is 2. The molecule has 5 heteroatoms. The number of benzene rings is 1. The maximum absolute atomic E-state index is 13.8. The van der Waals surface area contributed by atoms with Gasteiger partial charge in [0.25, 0.3) is 5.91 Å². The van der Waals surface area contributed by atoms with E-state index >= 15 is 0 Å². The third kappa shape index (κ3) is 3.14. The zero-order chi connectivity index (χ0) is 20.9. The number of para-hydroxylation sites is 1. The average molecular weight is 408 g/mol. The number of hydrogen-bond donors (Lipinski definition) is 1. The Morgan fingerprint density at radius 2 is 1.77 bits per heavy atom. The summed E-state index contributed by atoms with van der Waals surface area (Å²) in [4.78, 5) is 29.5. The van der Waals surface area contributed by atoms with Crippen molar-refractivity contribution in [2.75, 3.05) is 0 Å². The van der Waals surface area contributed by atoms with Crippen LogP contribution in [0.2, 0.25) is 0 Å². The fourth-order valence-electron chi connectivity index (χ4n) is 5.95. The number of fused-ring (bicyclic) bond motifs is 3. The molecule has 2 amide bonds. The van der Waals surface area contributed by atoms with Gasteiger partial charge < -0.3 is 14.8 Å². The van der Waals surface area contributed by atoms with Crippen molar-refractivity contribution in [1.29, 1.82) is 0 Å². The van der Waals surface area contributed by atoms with Crippen molar-refractivity contribution < 1.29 is 9.59 Å². The van der Waals surface area contributed by atoms with E-state index in [9.17, 15) is 9.59 Å². The van der Waals surface area contributed by atoms with Gasteiger partial charge in [0, 0.05) is 23.0 Å². The molecule has 3 aliphatic rings. The van der Waals surface area contributed by atoms with E-state index in [1.807, 2.05) is 30.0 Å². The number of nitrogens with zero attached hydrogens (tertiary/aromatic N) is 2. The molecule has 0 saturated heterocycles. The van der Waals surface area contributed by atoms with Crippen LogP contribution in [0.25, 0.3) is 10.9 Å². The predicted molar refractivity (Wildman–Crippen MR) is 118 cm³/mol. The Kier molecular flexibility index (Phi) is 4.87. The summed E-state index contributed by atoms with van der Waals surface area (Å²) in [5.74, 6) is 0.733. The molecule has 1 aromatic carbocycles. The molecular weight excluding hydrogens is 374 g/mol. The molecule has 2 fully saturated rings. The topological polar surface area (TPSA) is 54.3 Å². The standard InChI is InChI=1S/C25H33N3O2/c1-17-11-13-20(14-12-17)28-23(29)22-15-18-7-3-6-10-21(18)27(22)16-25(28,2)24(30)26-19-8-4-5-9-19/h3,6-7,10,15,17,19-20H,4-5,8-9,11-14,16H2,1-2H3,(H,26,30)/t17?,20?,25-/m1/s1. The average Bonchev–Trinajstić information content (AvgIpc) is 3.37. The van der Waals surface area contributed by atoms with Crippen molar-refractivity contribution in [1.82, 2.24) is 14.8 Å². The predicted octanol–water partition coefficient (Wildman–Crippen LogP) is 4.49. The Bertz CT molecular complexity index is 966. The highest BCUT2D eigenvalue weighted by Gasteiger charge is 2.51. The quantitative estimate of drug-likeness (QED) is 0.815. The molecule has 1 aromatic heterocycles. The monoisotopic (exact) mass is 407 g/mol. The number of carbonyl (C=O) groups excluding carboxylic acids is 2. The summed E-state index contributed by atoms with van der Waals surface area (Å²) in [5, 5.41) is 4.38. The molecule has 0 unspecified atom stereocenters. The van der Waals surface area contributed by atoms with Gasteiger partial charge in [-0.3, -0.25) is 9.59 Å². The van der Waals surface area contributed by atoms with Crippen molar-refractivity contribution >= 4 is 22.7 Å². The highest BCUT2D eigenvalue weighted by atomic mass is 16.2. The smallest absolute Gasteiger partial charge is 0.271 e. The molecule has 5 rings (SSSR count). The first-order chi connectivity index (χ1) is 14.5. The SMILES string of the molecule is CC1CCC(N2C(=O)c3cc4ccccc4n3C[C@]2(C)C(=O)NC2CCCC2)CC1. The van der Waals surface area contributed by atoms with E-state index in [2.05, 4.69) is 28.9 Å². The number of nitrogens with one attached hydrogen (secondary N) is 1. The summed E-state index contributed by atoms with van der Waals surface area (Å²) in [5.41, 5.74) is 0.901. The Labute approximate surface area is 178 Å². The van der Waals surface area contributed by atoms with Crippen LogP contribution in [-0.4, -0.2) is 38.9 Å². The molecule has 1 aliphatic heterocycles. The molecule has 2 heterocycles. The van der Waals surface area contributed by atoms with Gasteiger partial charge in [0.1, 0.15) is 11.2 Å². The maximum Gasteiger partial charge on any atom is 0.271 e. The van der Waals surface area contributed by atoms with E-state index < -0.39 is 5.54 Å². The van der Waals surface area contributed by atoms with Crippen LogP contribution in [0.5, 0.6) is 0 Å². The van der Waals surface area contributed by atoms with Crippen LogP contribution < -0.4 is 5.32 Å². The van der Waals surface area contributed by atoms with E-state index in [0.717, 1.165) is 55.1 Å². The lowest BCUT2D eigenvalue weighted by Crippen LogP contribution is -2.67. The Hall–Kier alpha value is -2.30. The Morgan fingerprint density at radius 3 is 2.50 bits per heavy atom. The van der Waals surface area contributed by atoms with Crippen LogP contribution >= 0.6 is 0 Å². The van der Waals surface area contributed by atoms with Gasteiger partial charge in [-0.1, -0.05) is 38.0 Å². The molecule has 1 N–H and O–H groups in total. The number of rotatable bonds is 3. The van der Waals surface area contributed by atoms with Gasteiger partial charge in [-0.2, -0.15) is 0 Å². The summed E-state index contributed by atoms with van der Waals surface area (Å²) < 4.78 is 2.08. The lowest BCUT2D eigenvalue weighted by Gasteiger charge is -2.49. The molecule has 160 valence electrons. The third-order valence-corrected chi connectivity index (χ3v) is 7.78. The zero-order valence-electron chi connectivity index (χ0n) is 18.2. The first kappa shape index (κ1) is 19.7. The highest BCUT2D eigenvalue weighted by molar-refractivity contribution is 6.03. The first-order valence-electron chi connectivity index (χ1n) is 11.7. The second kappa shape index (κ2) is 7.44. The van der Waals surface area contributed by atoms with E-state index in [4.69, 9.17) is 0 Å². The number of carbonyl (C=O) groups is 2. The second-order valence-electron chi connectivity index (χ2n) is 9.99. The molecule has 0 bridgehead atoms. The lowest BCUT2D eigenvalue weighted by molar-refractivity contribution is -0.135. The van der Waals surface area contributed by atoms with Gasteiger partial charge in [-0.25, -0.2) is 0 Å². The minimum atomic E-state index is -0.861. The number of amides is 2. The molecular formula is C25H33N3O2. The first-order valence-corrected chi connectivity index (χ1v) is 11.7. The van der Waals surface area contributed by atoms with Crippen LogP contribution in [0.3, 0.4) is 0 Å². The summed E-state index contributed by atoms with van der Waals surface area (Å²) in [7, 11) is 0. The second-order valence-corrected chi connectivity index (χ2v) is 9.99. The highest BCUT2D eigenvalue weighted by Crippen LogP contribution is 2.38.